The van der Waals surface area contributed by atoms with Gasteiger partial charge in [-0.1, -0.05) is 0 Å². The lowest BCUT2D eigenvalue weighted by Crippen LogP contribution is -2.42. The number of carboxylic acid groups (broad SMARTS) is 1. The van der Waals surface area contributed by atoms with E-state index in [1.807, 2.05) is 30.1 Å². The second kappa shape index (κ2) is 6.93. The molecule has 6 rings (SSSR count). The molecular formula is C24H21N3O5. The van der Waals surface area contributed by atoms with Crippen molar-refractivity contribution in [1.29, 1.82) is 0 Å². The zero-order valence-electron chi connectivity index (χ0n) is 17.4. The van der Waals surface area contributed by atoms with Gasteiger partial charge in [0.25, 0.3) is 0 Å². The van der Waals surface area contributed by atoms with E-state index in [-0.39, 0.29) is 34.9 Å². The minimum absolute atomic E-state index is 0.0561. The van der Waals surface area contributed by atoms with Crippen molar-refractivity contribution in [2.24, 2.45) is 7.05 Å². The summed E-state index contributed by atoms with van der Waals surface area (Å²) in [5, 5.41) is 10.2. The van der Waals surface area contributed by atoms with Gasteiger partial charge in [-0.2, -0.15) is 0 Å². The minimum Gasteiger partial charge on any atom is -0.478 e. The summed E-state index contributed by atoms with van der Waals surface area (Å²) in [6, 6.07) is 6.34. The molecule has 3 aliphatic heterocycles. The van der Waals surface area contributed by atoms with Gasteiger partial charge in [0.05, 0.1) is 29.0 Å². The standard InChI is InChI=1S/C24H21N3O5/c1-26-10-14(9-20-22(28)17-8-13(24(29)30)2-5-19(17)32-20)21-18(6-7-25-23(21)26)27-11-15-3-4-16(12-27)31-15/h2,5-10,15-16H,3-4,11-12H2,1H3,(H,29,30). The Labute approximate surface area is 183 Å². The summed E-state index contributed by atoms with van der Waals surface area (Å²) in [6.07, 6.45) is 8.14. The molecule has 2 unspecified atom stereocenters. The summed E-state index contributed by atoms with van der Waals surface area (Å²) < 4.78 is 13.7. The number of hydrogen-bond acceptors (Lipinski definition) is 6. The number of nitrogens with zero attached hydrogens (tertiary/aromatic N) is 3. The van der Waals surface area contributed by atoms with E-state index in [4.69, 9.17) is 9.47 Å². The lowest BCUT2D eigenvalue weighted by Gasteiger charge is -2.34. The molecule has 0 saturated carbocycles. The first-order chi connectivity index (χ1) is 15.5. The lowest BCUT2D eigenvalue weighted by molar-refractivity contribution is 0.0306. The number of ether oxygens (including phenoxy) is 2. The van der Waals surface area contributed by atoms with Crippen molar-refractivity contribution in [3.8, 4) is 5.75 Å². The average molecular weight is 431 g/mol. The molecule has 162 valence electrons. The number of fused-ring (bicyclic) bond motifs is 4. The maximum absolute atomic E-state index is 13.0. The highest BCUT2D eigenvalue weighted by Gasteiger charge is 2.35. The van der Waals surface area contributed by atoms with E-state index in [1.54, 1.807) is 6.08 Å². The number of hydrogen-bond donors (Lipinski definition) is 1. The Bertz CT molecular complexity index is 1310. The number of carbonyl (C=O) groups excluding carboxylic acids is 1. The Morgan fingerprint density at radius 2 is 2.00 bits per heavy atom. The first kappa shape index (κ1) is 19.1. The molecular weight excluding hydrogens is 410 g/mol. The van der Waals surface area contributed by atoms with Crippen LogP contribution in [0.3, 0.4) is 0 Å². The Morgan fingerprint density at radius 1 is 1.22 bits per heavy atom. The number of aryl methyl sites for hydroxylation is 1. The van der Waals surface area contributed by atoms with Crippen molar-refractivity contribution in [2.75, 3.05) is 18.0 Å². The predicted octanol–water partition coefficient (Wildman–Crippen LogP) is 3.26. The van der Waals surface area contributed by atoms with Crippen LogP contribution in [0.1, 0.15) is 39.1 Å². The largest absolute Gasteiger partial charge is 0.478 e. The fourth-order valence-electron chi connectivity index (χ4n) is 4.97. The van der Waals surface area contributed by atoms with Crippen LogP contribution < -0.4 is 9.64 Å². The predicted molar refractivity (Wildman–Crippen MR) is 117 cm³/mol. The van der Waals surface area contributed by atoms with E-state index in [0.717, 1.165) is 48.2 Å². The molecule has 2 fully saturated rings. The number of morpholine rings is 1. The highest BCUT2D eigenvalue weighted by molar-refractivity contribution is 6.16. The van der Waals surface area contributed by atoms with Crippen LogP contribution in [0, 0.1) is 0 Å². The number of Topliss-reactive ketones (excluding diaryl/α,β-unsaturated/α-hetero) is 1. The highest BCUT2D eigenvalue weighted by atomic mass is 16.5. The molecule has 1 N–H and O–H groups in total. The lowest BCUT2D eigenvalue weighted by atomic mass is 10.1. The van der Waals surface area contributed by atoms with E-state index in [9.17, 15) is 14.7 Å². The maximum atomic E-state index is 13.0. The van der Waals surface area contributed by atoms with E-state index in [0.29, 0.717) is 5.75 Å². The van der Waals surface area contributed by atoms with Crippen molar-refractivity contribution in [1.82, 2.24) is 9.55 Å². The number of aromatic nitrogens is 2. The number of pyridine rings is 1. The minimum atomic E-state index is -1.08. The van der Waals surface area contributed by atoms with Gasteiger partial charge < -0.3 is 24.0 Å². The molecule has 2 bridgehead atoms. The van der Waals surface area contributed by atoms with Gasteiger partial charge in [0.2, 0.25) is 5.78 Å². The fourth-order valence-corrected chi connectivity index (χ4v) is 4.97. The van der Waals surface area contributed by atoms with Gasteiger partial charge in [-0.05, 0) is 43.2 Å². The zero-order chi connectivity index (χ0) is 22.0. The van der Waals surface area contributed by atoms with Crippen LogP contribution in [-0.4, -0.2) is 51.7 Å². The Kier molecular flexibility index (Phi) is 4.13. The molecule has 0 aliphatic carbocycles. The number of carbonyl (C=O) groups is 2. The van der Waals surface area contributed by atoms with Crippen LogP contribution >= 0.6 is 0 Å². The van der Waals surface area contributed by atoms with Gasteiger partial charge in [0.15, 0.2) is 5.76 Å². The molecule has 3 aromatic rings. The average Bonchev–Trinajstić information content (AvgIpc) is 3.41. The van der Waals surface area contributed by atoms with Gasteiger partial charge >= 0.3 is 5.97 Å². The van der Waals surface area contributed by atoms with Crippen molar-refractivity contribution < 1.29 is 24.2 Å². The number of ketones is 1. The molecule has 5 heterocycles. The third-order valence-corrected chi connectivity index (χ3v) is 6.45. The van der Waals surface area contributed by atoms with Crippen molar-refractivity contribution in [3.05, 3.63) is 59.1 Å². The molecule has 2 aromatic heterocycles. The molecule has 2 saturated heterocycles. The SMILES string of the molecule is Cn1cc(C=C2Oc3ccc(C(=O)O)cc3C2=O)c2c(N3CC4CCC(C3)O4)ccnc21. The summed E-state index contributed by atoms with van der Waals surface area (Å²) in [5.74, 6) is -0.862. The maximum Gasteiger partial charge on any atom is 0.335 e. The highest BCUT2D eigenvalue weighted by Crippen LogP contribution is 2.38. The molecule has 0 radical (unpaired) electrons. The van der Waals surface area contributed by atoms with Crippen molar-refractivity contribution in [3.63, 3.8) is 0 Å². The number of aromatic carboxylic acids is 1. The van der Waals surface area contributed by atoms with Gasteiger partial charge in [0.1, 0.15) is 11.4 Å². The van der Waals surface area contributed by atoms with E-state index in [1.165, 1.54) is 18.2 Å². The second-order valence-corrected chi connectivity index (χ2v) is 8.54. The first-order valence-corrected chi connectivity index (χ1v) is 10.6. The second-order valence-electron chi connectivity index (χ2n) is 8.54. The summed E-state index contributed by atoms with van der Waals surface area (Å²) in [6.45, 7) is 1.67. The Balaban J connectivity index is 1.43. The number of rotatable bonds is 3. The number of allylic oxidation sites excluding steroid dienone is 1. The smallest absolute Gasteiger partial charge is 0.335 e. The van der Waals surface area contributed by atoms with Gasteiger partial charge in [0, 0.05) is 43.5 Å². The van der Waals surface area contributed by atoms with Gasteiger partial charge in [-0.3, -0.25) is 4.79 Å². The fraction of sp³-hybridized carbons (Fsp3) is 0.292. The van der Waals surface area contributed by atoms with Crippen LogP contribution in [0.2, 0.25) is 0 Å². The summed E-state index contributed by atoms with van der Waals surface area (Å²) >= 11 is 0. The first-order valence-electron chi connectivity index (χ1n) is 10.6. The molecule has 32 heavy (non-hydrogen) atoms. The van der Waals surface area contributed by atoms with Crippen LogP contribution in [0.25, 0.3) is 17.1 Å². The van der Waals surface area contributed by atoms with Gasteiger partial charge in [-0.15, -0.1) is 0 Å². The van der Waals surface area contributed by atoms with E-state index >= 15 is 0 Å². The van der Waals surface area contributed by atoms with Crippen LogP contribution in [0.4, 0.5) is 5.69 Å². The van der Waals surface area contributed by atoms with Crippen molar-refractivity contribution >= 4 is 34.5 Å². The number of benzene rings is 1. The normalized spacial score (nSPS) is 23.1. The zero-order valence-corrected chi connectivity index (χ0v) is 17.4. The van der Waals surface area contributed by atoms with E-state index < -0.39 is 5.97 Å². The van der Waals surface area contributed by atoms with Crippen molar-refractivity contribution in [2.45, 2.75) is 25.0 Å². The van der Waals surface area contributed by atoms with Crippen LogP contribution in [0.15, 0.2) is 42.4 Å². The van der Waals surface area contributed by atoms with Crippen LogP contribution in [0.5, 0.6) is 5.75 Å². The summed E-state index contributed by atoms with van der Waals surface area (Å²) in [4.78, 5) is 31.2. The monoisotopic (exact) mass is 431 g/mol. The number of carboxylic acids is 1. The van der Waals surface area contributed by atoms with Gasteiger partial charge in [-0.25, -0.2) is 9.78 Å². The molecule has 2 atom stereocenters. The molecule has 0 amide bonds. The molecule has 1 aromatic carbocycles. The Morgan fingerprint density at radius 3 is 2.75 bits per heavy atom. The topological polar surface area (TPSA) is 93.9 Å². The quantitative estimate of drug-likeness (QED) is 0.636. The molecule has 8 heteroatoms. The third kappa shape index (κ3) is 2.90. The summed E-state index contributed by atoms with van der Waals surface area (Å²) in [5.41, 5.74) is 3.04. The van der Waals surface area contributed by atoms with E-state index in [2.05, 4.69) is 9.88 Å². The number of anilines is 1. The van der Waals surface area contributed by atoms with Crippen LogP contribution in [-0.2, 0) is 11.8 Å². The molecule has 3 aliphatic rings. The third-order valence-electron chi connectivity index (χ3n) is 6.45. The molecule has 8 nitrogen and oxygen atoms in total. The Hall–Kier alpha value is -3.65. The molecule has 0 spiro atoms. The summed E-state index contributed by atoms with van der Waals surface area (Å²) in [7, 11) is 1.93.